The number of H-pyrrole nitrogens is 1. The lowest BCUT2D eigenvalue weighted by Gasteiger charge is -2.36. The Balaban J connectivity index is 1.29. The van der Waals surface area contributed by atoms with Crippen LogP contribution in [0.4, 0.5) is 0 Å². The molecule has 12 heteroatoms. The zero-order valence-electron chi connectivity index (χ0n) is 23.3. The molecule has 210 valence electrons. The van der Waals surface area contributed by atoms with Crippen molar-refractivity contribution < 1.29 is 28.5 Å². The third kappa shape index (κ3) is 5.25. The zero-order chi connectivity index (χ0) is 28.6. The summed E-state index contributed by atoms with van der Waals surface area (Å²) in [5.41, 5.74) is 0.463. The second kappa shape index (κ2) is 10.7. The molecule has 0 spiro atoms. The van der Waals surface area contributed by atoms with Crippen molar-refractivity contribution in [2.45, 2.75) is 70.3 Å². The summed E-state index contributed by atoms with van der Waals surface area (Å²) in [6, 6.07) is 3.87. The van der Waals surface area contributed by atoms with Crippen LogP contribution in [-0.4, -0.2) is 82.9 Å². The lowest BCUT2D eigenvalue weighted by atomic mass is 9.89. The van der Waals surface area contributed by atoms with Gasteiger partial charge in [-0.3, -0.25) is 19.4 Å². The Labute approximate surface area is 232 Å². The Kier molecular flexibility index (Phi) is 7.26. The Morgan fingerprint density at radius 1 is 1.20 bits per heavy atom. The molecular formula is C28H34N7O5+. The van der Waals surface area contributed by atoms with Crippen LogP contribution in [-0.2, 0) is 14.3 Å². The van der Waals surface area contributed by atoms with Gasteiger partial charge >= 0.3 is 5.97 Å². The van der Waals surface area contributed by atoms with Crippen LogP contribution < -0.4 is 9.42 Å². The molecule has 3 heterocycles. The molecule has 1 fully saturated rings. The van der Waals surface area contributed by atoms with Gasteiger partial charge in [-0.05, 0) is 38.8 Å². The lowest BCUT2D eigenvalue weighted by molar-refractivity contribution is -0.774. The van der Waals surface area contributed by atoms with Crippen molar-refractivity contribution in [3.63, 3.8) is 0 Å². The summed E-state index contributed by atoms with van der Waals surface area (Å²) in [6.07, 6.45) is 11.7. The lowest BCUT2D eigenvalue weighted by Crippen LogP contribution is -2.52. The number of hydrazone groups is 1. The Morgan fingerprint density at radius 3 is 2.65 bits per heavy atom. The number of aliphatic imine (C=N–C) groups is 2. The quantitative estimate of drug-likeness (QED) is 0.436. The van der Waals surface area contributed by atoms with Gasteiger partial charge in [0.1, 0.15) is 17.0 Å². The number of hydrogen-bond acceptors (Lipinski definition) is 8. The molecule has 40 heavy (non-hydrogen) atoms. The number of likely N-dealkylation sites (N-methyl/N-ethyl adjacent to an activating group) is 1. The zero-order valence-corrected chi connectivity index (χ0v) is 23.3. The minimum absolute atomic E-state index is 0.0611. The summed E-state index contributed by atoms with van der Waals surface area (Å²) >= 11 is 0. The van der Waals surface area contributed by atoms with Crippen LogP contribution in [0.5, 0.6) is 5.75 Å². The number of carbonyl (C=O) groups excluding carboxylic acids is 3. The third-order valence-electron chi connectivity index (χ3n) is 7.59. The average molecular weight is 549 g/mol. The second-order valence-electron chi connectivity index (χ2n) is 10.8. The maximum absolute atomic E-state index is 13.2. The van der Waals surface area contributed by atoms with Crippen LogP contribution in [0.25, 0.3) is 10.9 Å². The predicted molar refractivity (Wildman–Crippen MR) is 148 cm³/mol. The van der Waals surface area contributed by atoms with E-state index in [2.05, 4.69) is 24.9 Å². The highest BCUT2D eigenvalue weighted by Gasteiger charge is 2.39. The number of allylic oxidation sites excluding steroid dienone is 1. The fourth-order valence-corrected chi connectivity index (χ4v) is 5.55. The standard InChI is InChI=1S/C28H33N7O5/c1-17(36)40-28(2,3)27(38)33(4)19-7-9-20(10-8-19)35-16-18-13-21(24(39-5)14-22(18)32-35)26(37)31-23-15-30-34-12-6-11-29-25(23)34/h6,11-16,19-20,25H,7-10H2,1-5H3/p+1. The van der Waals surface area contributed by atoms with Gasteiger partial charge in [0, 0.05) is 51.3 Å². The molecule has 1 aliphatic carbocycles. The molecule has 0 radical (unpaired) electrons. The smallest absolute Gasteiger partial charge is 0.303 e. The van der Waals surface area contributed by atoms with Crippen molar-refractivity contribution in [3.05, 3.63) is 36.2 Å². The second-order valence-corrected chi connectivity index (χ2v) is 10.8. The summed E-state index contributed by atoms with van der Waals surface area (Å²) in [6.45, 7) is 4.55. The predicted octanol–water partition coefficient (Wildman–Crippen LogP) is 2.55. The number of rotatable bonds is 6. The first-order valence-electron chi connectivity index (χ1n) is 13.3. The van der Waals surface area contributed by atoms with Gasteiger partial charge in [-0.2, -0.15) is 10.2 Å². The van der Waals surface area contributed by atoms with Gasteiger partial charge in [0.05, 0.1) is 24.3 Å². The third-order valence-corrected chi connectivity index (χ3v) is 7.59. The molecule has 5 rings (SSSR count). The molecule has 1 aromatic carbocycles. The highest BCUT2D eigenvalue weighted by atomic mass is 16.6. The fraction of sp³-hybridized carbons (Fsp3) is 0.464. The molecule has 12 nitrogen and oxygen atoms in total. The molecule has 3 aliphatic rings. The highest BCUT2D eigenvalue weighted by molar-refractivity contribution is 6.37. The van der Waals surface area contributed by atoms with Crippen molar-refractivity contribution >= 4 is 46.8 Å². The van der Waals surface area contributed by atoms with Crippen LogP contribution in [0.1, 0.15) is 62.9 Å². The van der Waals surface area contributed by atoms with E-state index in [-0.39, 0.29) is 18.0 Å². The van der Waals surface area contributed by atoms with Crippen molar-refractivity contribution in [2.75, 3.05) is 14.2 Å². The number of aromatic nitrogens is 2. The van der Waals surface area contributed by atoms with Crippen molar-refractivity contribution in [2.24, 2.45) is 15.1 Å². The SMILES string of the molecule is COc1cc2[nH][n+](C3CCC(N(C)C(=O)C(C)(C)OC(C)=O)CC3)cc2cc1C(=O)N=C1C=NN2C=CC=NC12. The van der Waals surface area contributed by atoms with E-state index in [9.17, 15) is 14.4 Å². The number of nitrogens with zero attached hydrogens (tertiary/aromatic N) is 6. The van der Waals surface area contributed by atoms with Gasteiger partial charge in [0.25, 0.3) is 11.8 Å². The molecule has 2 aromatic rings. The van der Waals surface area contributed by atoms with E-state index in [0.29, 0.717) is 17.0 Å². The Bertz CT molecular complexity index is 1460. The minimum atomic E-state index is -1.20. The Morgan fingerprint density at radius 2 is 1.95 bits per heavy atom. The summed E-state index contributed by atoms with van der Waals surface area (Å²) in [7, 11) is 3.30. The van der Waals surface area contributed by atoms with Gasteiger partial charge in [0.2, 0.25) is 6.20 Å². The maximum atomic E-state index is 13.2. The molecule has 1 atom stereocenters. The number of aromatic amines is 1. The first-order chi connectivity index (χ1) is 19.1. The summed E-state index contributed by atoms with van der Waals surface area (Å²) < 4.78 is 12.8. The Hall–Kier alpha value is -4.35. The molecule has 2 aliphatic heterocycles. The molecule has 1 aromatic heterocycles. The van der Waals surface area contributed by atoms with Gasteiger partial charge < -0.3 is 14.4 Å². The number of ether oxygens (including phenoxy) is 2. The van der Waals surface area contributed by atoms with E-state index in [1.165, 1.54) is 14.0 Å². The number of nitrogens with one attached hydrogen (secondary N) is 1. The van der Waals surface area contributed by atoms with Crippen LogP contribution in [0, 0.1) is 0 Å². The number of amides is 2. The van der Waals surface area contributed by atoms with E-state index in [1.54, 1.807) is 61.6 Å². The van der Waals surface area contributed by atoms with Gasteiger partial charge in [-0.1, -0.05) is 0 Å². The molecule has 1 saturated carbocycles. The summed E-state index contributed by atoms with van der Waals surface area (Å²) in [5.74, 6) is -0.687. The molecule has 1 unspecified atom stereocenters. The summed E-state index contributed by atoms with van der Waals surface area (Å²) in [4.78, 5) is 47.9. The number of hydrogen-bond donors (Lipinski definition) is 1. The monoisotopic (exact) mass is 548 g/mol. The van der Waals surface area contributed by atoms with Crippen LogP contribution in [0.3, 0.4) is 0 Å². The minimum Gasteiger partial charge on any atom is -0.496 e. The van der Waals surface area contributed by atoms with Gasteiger partial charge in [0.15, 0.2) is 17.8 Å². The van der Waals surface area contributed by atoms with Crippen molar-refractivity contribution in [3.8, 4) is 5.75 Å². The van der Waals surface area contributed by atoms with E-state index in [1.807, 2.05) is 12.3 Å². The van der Waals surface area contributed by atoms with Crippen molar-refractivity contribution in [1.29, 1.82) is 0 Å². The van der Waals surface area contributed by atoms with Gasteiger partial charge in [-0.15, -0.1) is 4.68 Å². The van der Waals surface area contributed by atoms with Crippen LogP contribution in [0.15, 0.2) is 45.7 Å². The normalized spacial score (nSPS) is 23.0. The summed E-state index contributed by atoms with van der Waals surface area (Å²) in [5, 5.41) is 10.2. The number of benzene rings is 1. The topological polar surface area (TPSA) is 133 Å². The van der Waals surface area contributed by atoms with E-state index in [4.69, 9.17) is 9.47 Å². The number of carbonyl (C=O) groups is 3. The van der Waals surface area contributed by atoms with E-state index < -0.39 is 23.6 Å². The highest BCUT2D eigenvalue weighted by Crippen LogP contribution is 2.31. The van der Waals surface area contributed by atoms with E-state index >= 15 is 0 Å². The molecule has 0 bridgehead atoms. The molecule has 2 amide bonds. The maximum Gasteiger partial charge on any atom is 0.303 e. The largest absolute Gasteiger partial charge is 0.496 e. The van der Waals surface area contributed by atoms with E-state index in [0.717, 1.165) is 36.6 Å². The molecular weight excluding hydrogens is 514 g/mol. The molecule has 1 N–H and O–H groups in total. The average Bonchev–Trinajstić information content (AvgIpc) is 3.54. The van der Waals surface area contributed by atoms with Crippen LogP contribution in [0.2, 0.25) is 0 Å². The van der Waals surface area contributed by atoms with Crippen LogP contribution >= 0.6 is 0 Å². The number of methoxy groups -OCH3 is 1. The van der Waals surface area contributed by atoms with Crippen molar-refractivity contribution in [1.82, 2.24) is 15.0 Å². The first-order valence-corrected chi connectivity index (χ1v) is 13.3. The number of esters is 1. The number of fused-ring (bicyclic) bond motifs is 2. The molecule has 0 saturated heterocycles. The fourth-order valence-electron chi connectivity index (χ4n) is 5.55. The van der Waals surface area contributed by atoms with Gasteiger partial charge in [-0.25, -0.2) is 10.0 Å². The first kappa shape index (κ1) is 27.2.